The van der Waals surface area contributed by atoms with Crippen LogP contribution in [0.25, 0.3) is 0 Å². The van der Waals surface area contributed by atoms with Crippen molar-refractivity contribution in [2.45, 2.75) is 33.4 Å². The summed E-state index contributed by atoms with van der Waals surface area (Å²) >= 11 is 5.24. The maximum atomic E-state index is 5.25. The molecular weight excluding hydrogens is 515 g/mol. The number of thiazole rings is 1. The third kappa shape index (κ3) is 7.10. The third-order valence-corrected chi connectivity index (χ3v) is 5.10. The summed E-state index contributed by atoms with van der Waals surface area (Å²) < 4.78 is 6.19. The van der Waals surface area contributed by atoms with Crippen molar-refractivity contribution in [3.05, 3.63) is 44.3 Å². The Morgan fingerprint density at radius 1 is 1.32 bits per heavy atom. The Hall–Kier alpha value is -0.870. The molecule has 0 unspecified atom stereocenters. The summed E-state index contributed by atoms with van der Waals surface area (Å²) in [6.45, 7) is 6.29. The number of guanidine groups is 1. The molecule has 0 spiro atoms. The van der Waals surface area contributed by atoms with Gasteiger partial charge in [0, 0.05) is 17.6 Å². The standard InChI is InChI=1S/C17H23BrN4OS.HI/c1-4-13-10-20-16(24-13)11-22-17(19-5-2)21-9-12-6-7-15(23-3)14(18)8-12;/h6-8,10H,4-5,9,11H2,1-3H3,(H2,19,21,22);1H. The predicted molar refractivity (Wildman–Crippen MR) is 119 cm³/mol. The van der Waals surface area contributed by atoms with Gasteiger partial charge in [-0.25, -0.2) is 9.98 Å². The average Bonchev–Trinajstić information content (AvgIpc) is 3.05. The zero-order valence-corrected chi connectivity index (χ0v) is 19.4. The van der Waals surface area contributed by atoms with Crippen LogP contribution in [0.2, 0.25) is 0 Å². The van der Waals surface area contributed by atoms with E-state index in [0.717, 1.165) is 39.7 Å². The van der Waals surface area contributed by atoms with Gasteiger partial charge in [0.15, 0.2) is 5.96 Å². The van der Waals surface area contributed by atoms with Crippen molar-refractivity contribution in [3.8, 4) is 5.75 Å². The molecule has 0 saturated carbocycles. The van der Waals surface area contributed by atoms with Crippen LogP contribution in [0.3, 0.4) is 0 Å². The summed E-state index contributed by atoms with van der Waals surface area (Å²) in [4.78, 5) is 10.4. The minimum Gasteiger partial charge on any atom is -0.496 e. The number of aromatic nitrogens is 1. The van der Waals surface area contributed by atoms with Crippen LogP contribution in [0.1, 0.15) is 29.3 Å². The third-order valence-electron chi connectivity index (χ3n) is 3.34. The summed E-state index contributed by atoms with van der Waals surface area (Å²) in [6, 6.07) is 5.99. The van der Waals surface area contributed by atoms with Crippen molar-refractivity contribution in [3.63, 3.8) is 0 Å². The molecule has 0 fully saturated rings. The fourth-order valence-electron chi connectivity index (χ4n) is 2.07. The van der Waals surface area contributed by atoms with Gasteiger partial charge in [0.2, 0.25) is 0 Å². The van der Waals surface area contributed by atoms with Crippen LogP contribution >= 0.6 is 51.2 Å². The monoisotopic (exact) mass is 538 g/mol. The molecule has 1 aromatic heterocycles. The first kappa shape index (κ1) is 22.2. The summed E-state index contributed by atoms with van der Waals surface area (Å²) in [6.07, 6.45) is 2.97. The van der Waals surface area contributed by atoms with Crippen LogP contribution in [0.5, 0.6) is 5.75 Å². The normalized spacial score (nSPS) is 11.0. The van der Waals surface area contributed by atoms with E-state index in [9.17, 15) is 0 Å². The van der Waals surface area contributed by atoms with Gasteiger partial charge in [-0.15, -0.1) is 35.3 Å². The van der Waals surface area contributed by atoms with E-state index in [1.165, 1.54) is 4.88 Å². The van der Waals surface area contributed by atoms with E-state index in [-0.39, 0.29) is 24.0 Å². The molecule has 0 atom stereocenters. The minimum absolute atomic E-state index is 0. The van der Waals surface area contributed by atoms with E-state index < -0.39 is 0 Å². The lowest BCUT2D eigenvalue weighted by Crippen LogP contribution is -2.36. The Morgan fingerprint density at radius 3 is 2.72 bits per heavy atom. The molecule has 25 heavy (non-hydrogen) atoms. The van der Waals surface area contributed by atoms with Gasteiger partial charge in [-0.3, -0.25) is 0 Å². The Morgan fingerprint density at radius 2 is 2.12 bits per heavy atom. The van der Waals surface area contributed by atoms with Crippen molar-refractivity contribution in [2.24, 2.45) is 4.99 Å². The zero-order chi connectivity index (χ0) is 17.4. The largest absolute Gasteiger partial charge is 0.496 e. The highest BCUT2D eigenvalue weighted by Crippen LogP contribution is 2.25. The lowest BCUT2D eigenvalue weighted by molar-refractivity contribution is 0.412. The predicted octanol–water partition coefficient (Wildman–Crippen LogP) is 4.35. The Balaban J connectivity index is 0.00000312. The number of nitrogens with one attached hydrogen (secondary N) is 2. The van der Waals surface area contributed by atoms with E-state index in [2.05, 4.69) is 50.4 Å². The average molecular weight is 539 g/mol. The van der Waals surface area contributed by atoms with Gasteiger partial charge in [-0.05, 0) is 47.0 Å². The number of hydrogen-bond acceptors (Lipinski definition) is 4. The van der Waals surface area contributed by atoms with Crippen molar-refractivity contribution in [1.82, 2.24) is 15.6 Å². The first-order valence-corrected chi connectivity index (χ1v) is 9.55. The van der Waals surface area contributed by atoms with Crippen molar-refractivity contribution in [1.29, 1.82) is 0 Å². The number of ether oxygens (including phenoxy) is 1. The first-order valence-electron chi connectivity index (χ1n) is 7.94. The maximum Gasteiger partial charge on any atom is 0.191 e. The van der Waals surface area contributed by atoms with E-state index >= 15 is 0 Å². The van der Waals surface area contributed by atoms with Gasteiger partial charge < -0.3 is 15.4 Å². The van der Waals surface area contributed by atoms with Gasteiger partial charge in [-0.1, -0.05) is 13.0 Å². The molecule has 0 aliphatic carbocycles. The highest BCUT2D eigenvalue weighted by Gasteiger charge is 2.04. The molecule has 5 nitrogen and oxygen atoms in total. The van der Waals surface area contributed by atoms with Crippen LogP contribution in [0.15, 0.2) is 33.9 Å². The molecule has 0 radical (unpaired) electrons. The number of hydrogen-bond donors (Lipinski definition) is 2. The van der Waals surface area contributed by atoms with Crippen LogP contribution in [-0.4, -0.2) is 24.6 Å². The molecule has 2 aromatic rings. The summed E-state index contributed by atoms with van der Waals surface area (Å²) in [5.41, 5.74) is 1.11. The van der Waals surface area contributed by atoms with E-state index in [1.54, 1.807) is 18.4 Å². The zero-order valence-electron chi connectivity index (χ0n) is 14.6. The SMILES string of the molecule is CCNC(=NCc1ccc(OC)c(Br)c1)NCc1ncc(CC)s1.I. The molecule has 2 N–H and O–H groups in total. The molecule has 0 aliphatic rings. The molecule has 0 bridgehead atoms. The number of halogens is 2. The maximum absolute atomic E-state index is 5.25. The second kappa shape index (κ2) is 11.7. The van der Waals surface area contributed by atoms with Crippen LogP contribution in [0.4, 0.5) is 0 Å². The number of nitrogens with zero attached hydrogens (tertiary/aromatic N) is 2. The highest BCUT2D eigenvalue weighted by molar-refractivity contribution is 14.0. The van der Waals surface area contributed by atoms with Crippen LogP contribution < -0.4 is 15.4 Å². The topological polar surface area (TPSA) is 58.5 Å². The van der Waals surface area contributed by atoms with E-state index in [1.807, 2.05) is 24.4 Å². The lowest BCUT2D eigenvalue weighted by Gasteiger charge is -2.10. The molecule has 0 aliphatic heterocycles. The van der Waals surface area contributed by atoms with E-state index in [0.29, 0.717) is 13.1 Å². The molecule has 1 aromatic carbocycles. The molecule has 138 valence electrons. The first-order chi connectivity index (χ1) is 11.7. The number of benzene rings is 1. The Bertz CT molecular complexity index is 693. The van der Waals surface area contributed by atoms with E-state index in [4.69, 9.17) is 4.74 Å². The van der Waals surface area contributed by atoms with Gasteiger partial charge in [0.05, 0.1) is 24.7 Å². The van der Waals surface area contributed by atoms with Gasteiger partial charge >= 0.3 is 0 Å². The Kier molecular flexibility index (Phi) is 10.4. The van der Waals surface area contributed by atoms with Gasteiger partial charge in [-0.2, -0.15) is 0 Å². The lowest BCUT2D eigenvalue weighted by atomic mass is 10.2. The quantitative estimate of drug-likeness (QED) is 0.312. The van der Waals surface area contributed by atoms with Crippen molar-refractivity contribution in [2.75, 3.05) is 13.7 Å². The minimum atomic E-state index is 0. The van der Waals surface area contributed by atoms with Crippen molar-refractivity contribution >= 4 is 57.2 Å². The second-order valence-corrected chi connectivity index (χ2v) is 7.15. The second-order valence-electron chi connectivity index (χ2n) is 5.09. The number of rotatable bonds is 7. The molecule has 0 amide bonds. The van der Waals surface area contributed by atoms with Gasteiger partial charge in [0.1, 0.15) is 10.8 Å². The van der Waals surface area contributed by atoms with Crippen LogP contribution in [-0.2, 0) is 19.5 Å². The summed E-state index contributed by atoms with van der Waals surface area (Å²) in [5.74, 6) is 1.61. The fraction of sp³-hybridized carbons (Fsp3) is 0.412. The highest BCUT2D eigenvalue weighted by atomic mass is 127. The molecule has 2 rings (SSSR count). The van der Waals surface area contributed by atoms with Crippen molar-refractivity contribution < 1.29 is 4.74 Å². The molecule has 1 heterocycles. The summed E-state index contributed by atoms with van der Waals surface area (Å²) in [5, 5.41) is 7.67. The number of aliphatic imine (C=N–C) groups is 1. The molecule has 0 saturated heterocycles. The van der Waals surface area contributed by atoms with Crippen LogP contribution in [0, 0.1) is 0 Å². The number of methoxy groups -OCH3 is 1. The van der Waals surface area contributed by atoms with Gasteiger partial charge in [0.25, 0.3) is 0 Å². The Labute approximate surface area is 178 Å². The smallest absolute Gasteiger partial charge is 0.191 e. The summed E-state index contributed by atoms with van der Waals surface area (Å²) in [7, 11) is 1.66. The molecular formula is C17H24BrIN4OS. The number of aryl methyl sites for hydroxylation is 1. The molecule has 8 heteroatoms. The fourth-order valence-corrected chi connectivity index (χ4v) is 3.46.